The van der Waals surface area contributed by atoms with Gasteiger partial charge in [0.15, 0.2) is 0 Å². The highest BCUT2D eigenvalue weighted by molar-refractivity contribution is 5.79. The lowest BCUT2D eigenvalue weighted by Crippen LogP contribution is -2.29. The Kier molecular flexibility index (Phi) is 47.4. The lowest BCUT2D eigenvalue weighted by Gasteiger charge is -2.14. The first-order chi connectivity index (χ1) is 39.2. The first-order valence-electron chi connectivity index (χ1n) is 27.4. The van der Waals surface area contributed by atoms with Gasteiger partial charge < -0.3 is 105 Å². The van der Waals surface area contributed by atoms with Crippen molar-refractivity contribution in [3.63, 3.8) is 0 Å². The fraction of sp³-hybridized carbons (Fsp3) is 0.745. The molecule has 0 saturated heterocycles. The van der Waals surface area contributed by atoms with Crippen LogP contribution in [0.25, 0.3) is 11.1 Å². The molecule has 3 rings (SSSR count). The van der Waals surface area contributed by atoms with E-state index in [1.807, 2.05) is 24.3 Å². The zero-order valence-corrected chi connectivity index (χ0v) is 46.4. The van der Waals surface area contributed by atoms with Gasteiger partial charge in [-0.15, -0.1) is 0 Å². The van der Waals surface area contributed by atoms with Gasteiger partial charge in [-0.25, -0.2) is 9.59 Å². The molecule has 0 spiro atoms. The van der Waals surface area contributed by atoms with Crippen LogP contribution in [0, 0.1) is 0 Å². The SMILES string of the molecule is O=C(O)COCCOCCOCCOCCOCCOCCOCCOCCOCCOCCOCCOCCOCCOCCOCCOCCOCCOCCOCCNC(=O)OCC1c2ccccc2-c2ccccc21. The number of fused-ring (bicyclic) bond motifs is 3. The van der Waals surface area contributed by atoms with Gasteiger partial charge in [0.1, 0.15) is 13.2 Å². The number of carbonyl (C=O) groups is 2. The van der Waals surface area contributed by atoms with Crippen molar-refractivity contribution >= 4 is 12.1 Å². The maximum absolute atomic E-state index is 12.3. The fourth-order valence-electron chi connectivity index (χ4n) is 6.99. The van der Waals surface area contributed by atoms with Gasteiger partial charge in [-0.3, -0.25) is 0 Å². The molecule has 2 aromatic carbocycles. The van der Waals surface area contributed by atoms with Crippen molar-refractivity contribution in [2.24, 2.45) is 0 Å². The number of hydrogen-bond donors (Lipinski definition) is 2. The molecule has 1 amide bonds. The minimum Gasteiger partial charge on any atom is -0.480 e. The average Bonchev–Trinajstić information content (AvgIpc) is 3.83. The molecule has 0 aliphatic heterocycles. The van der Waals surface area contributed by atoms with E-state index in [0.29, 0.717) is 244 Å². The Hall–Kier alpha value is -3.58. The highest BCUT2D eigenvalue weighted by Gasteiger charge is 2.29. The van der Waals surface area contributed by atoms with Gasteiger partial charge in [0.25, 0.3) is 0 Å². The third kappa shape index (κ3) is 41.1. The second-order valence-electron chi connectivity index (χ2n) is 16.7. The summed E-state index contributed by atoms with van der Waals surface area (Å²) in [6, 6.07) is 16.5. The van der Waals surface area contributed by atoms with E-state index >= 15 is 0 Å². The van der Waals surface area contributed by atoms with Gasteiger partial charge in [-0.1, -0.05) is 48.5 Å². The van der Waals surface area contributed by atoms with E-state index < -0.39 is 12.1 Å². The van der Waals surface area contributed by atoms with Crippen LogP contribution in [-0.2, 0) is 99.5 Å². The molecule has 1 aliphatic rings. The van der Waals surface area contributed by atoms with E-state index in [1.54, 1.807) is 0 Å². The van der Waals surface area contributed by atoms with Crippen LogP contribution in [0.3, 0.4) is 0 Å². The zero-order valence-electron chi connectivity index (χ0n) is 46.4. The number of hydrogen-bond acceptors (Lipinski definition) is 22. The fourth-order valence-corrected chi connectivity index (χ4v) is 6.99. The van der Waals surface area contributed by atoms with Crippen molar-refractivity contribution in [2.45, 2.75) is 5.92 Å². The molecule has 1 aliphatic carbocycles. The molecular formula is C55H91NO23. The van der Waals surface area contributed by atoms with E-state index in [4.69, 9.17) is 99.8 Å². The molecule has 79 heavy (non-hydrogen) atoms. The predicted octanol–water partition coefficient (Wildman–Crippen LogP) is 2.93. The molecule has 0 heterocycles. The Balaban J connectivity index is 0.869. The van der Waals surface area contributed by atoms with Crippen LogP contribution in [0.4, 0.5) is 4.79 Å². The van der Waals surface area contributed by atoms with Crippen LogP contribution in [-0.4, -0.2) is 281 Å². The standard InChI is InChI=1S/C55H91NO23/c57-54(58)48-78-46-45-77-44-43-76-42-41-75-40-39-74-38-37-73-36-35-72-34-33-71-32-31-70-30-29-69-28-27-68-26-25-67-24-23-66-22-21-65-20-19-64-18-17-63-16-15-62-14-13-61-12-11-60-10-9-56-55(59)79-47-53-51-7-3-1-5-49(51)50-6-2-4-8-52(50)53/h1-8,53H,9-48H2,(H,56,59)(H,57,58). The summed E-state index contributed by atoms with van der Waals surface area (Å²) in [5.74, 6) is -0.975. The number of aliphatic carboxylic acids is 1. The van der Waals surface area contributed by atoms with Crippen molar-refractivity contribution in [1.82, 2.24) is 5.32 Å². The minimum absolute atomic E-state index is 0.0274. The maximum Gasteiger partial charge on any atom is 0.407 e. The first kappa shape index (κ1) is 69.7. The summed E-state index contributed by atoms with van der Waals surface area (Å²) >= 11 is 0. The number of nitrogens with one attached hydrogen (secondary N) is 1. The highest BCUT2D eigenvalue weighted by atomic mass is 16.6. The van der Waals surface area contributed by atoms with Crippen LogP contribution in [0.15, 0.2) is 48.5 Å². The smallest absolute Gasteiger partial charge is 0.407 e. The van der Waals surface area contributed by atoms with Gasteiger partial charge in [0.2, 0.25) is 0 Å². The third-order valence-corrected chi connectivity index (χ3v) is 10.8. The molecule has 2 aromatic rings. The molecule has 0 unspecified atom stereocenters. The van der Waals surface area contributed by atoms with Crippen molar-refractivity contribution in [1.29, 1.82) is 0 Å². The van der Waals surface area contributed by atoms with Gasteiger partial charge in [-0.2, -0.15) is 0 Å². The molecule has 24 nitrogen and oxygen atoms in total. The van der Waals surface area contributed by atoms with Gasteiger partial charge in [0, 0.05) is 12.5 Å². The normalized spacial score (nSPS) is 12.1. The number of carboxylic acids is 1. The second kappa shape index (κ2) is 53.7. The molecule has 0 radical (unpaired) electrons. The van der Waals surface area contributed by atoms with Gasteiger partial charge in [-0.05, 0) is 22.3 Å². The monoisotopic (exact) mass is 1130 g/mol. The molecule has 0 fully saturated rings. The summed E-state index contributed by atoms with van der Waals surface area (Å²) in [6.07, 6.45) is -0.459. The number of carbonyl (C=O) groups excluding carboxylic acids is 1. The lowest BCUT2D eigenvalue weighted by atomic mass is 9.98. The van der Waals surface area contributed by atoms with Gasteiger partial charge >= 0.3 is 12.1 Å². The summed E-state index contributed by atoms with van der Waals surface area (Å²) in [4.78, 5) is 22.6. The van der Waals surface area contributed by atoms with Crippen LogP contribution in [0.1, 0.15) is 17.0 Å². The predicted molar refractivity (Wildman–Crippen MR) is 286 cm³/mol. The summed E-state index contributed by atoms with van der Waals surface area (Å²) in [7, 11) is 0. The average molecular weight is 1130 g/mol. The van der Waals surface area contributed by atoms with Crippen molar-refractivity contribution < 1.29 is 109 Å². The molecule has 2 N–H and O–H groups in total. The maximum atomic E-state index is 12.3. The third-order valence-electron chi connectivity index (χ3n) is 10.8. The number of carboxylic acid groups (broad SMARTS) is 1. The Morgan fingerprint density at radius 3 is 0.772 bits per heavy atom. The first-order valence-corrected chi connectivity index (χ1v) is 27.4. The van der Waals surface area contributed by atoms with E-state index in [-0.39, 0.29) is 25.7 Å². The molecule has 0 bridgehead atoms. The quantitative estimate of drug-likeness (QED) is 0.0904. The van der Waals surface area contributed by atoms with Crippen molar-refractivity contribution in [2.75, 3.05) is 264 Å². The van der Waals surface area contributed by atoms with Crippen LogP contribution in [0.5, 0.6) is 0 Å². The molecule has 0 saturated carbocycles. The van der Waals surface area contributed by atoms with Crippen LogP contribution >= 0.6 is 0 Å². The Morgan fingerprint density at radius 1 is 0.316 bits per heavy atom. The molecule has 454 valence electrons. The minimum atomic E-state index is -1.00. The van der Waals surface area contributed by atoms with Crippen molar-refractivity contribution in [3.05, 3.63) is 59.7 Å². The highest BCUT2D eigenvalue weighted by Crippen LogP contribution is 2.44. The molecule has 0 aromatic heterocycles. The van der Waals surface area contributed by atoms with E-state index in [9.17, 15) is 9.59 Å². The molecule has 24 heteroatoms. The van der Waals surface area contributed by atoms with E-state index in [1.165, 1.54) is 22.3 Å². The topological polar surface area (TPSA) is 251 Å². The molecule has 0 atom stereocenters. The Labute approximate surface area is 466 Å². The Bertz CT molecular complexity index is 1640. The van der Waals surface area contributed by atoms with Crippen molar-refractivity contribution in [3.8, 4) is 11.1 Å². The summed E-state index contributed by atoms with van der Waals surface area (Å²) in [6.45, 7) is 17.0. The van der Waals surface area contributed by atoms with E-state index in [0.717, 1.165) is 0 Å². The van der Waals surface area contributed by atoms with Gasteiger partial charge in [0.05, 0.1) is 244 Å². The lowest BCUT2D eigenvalue weighted by molar-refractivity contribution is -0.142. The van der Waals surface area contributed by atoms with Crippen LogP contribution in [0.2, 0.25) is 0 Å². The number of benzene rings is 2. The number of rotatable bonds is 61. The summed E-state index contributed by atoms with van der Waals surface area (Å²) in [5.41, 5.74) is 4.75. The summed E-state index contributed by atoms with van der Waals surface area (Å²) < 4.78 is 109. The molecular weight excluding hydrogens is 1040 g/mol. The summed E-state index contributed by atoms with van der Waals surface area (Å²) in [5, 5.41) is 11.2. The number of ether oxygens (including phenoxy) is 20. The zero-order chi connectivity index (χ0) is 55.8. The largest absolute Gasteiger partial charge is 0.480 e. The Morgan fingerprint density at radius 2 is 0.532 bits per heavy atom. The van der Waals surface area contributed by atoms with Crippen LogP contribution < -0.4 is 5.32 Å². The number of alkyl carbamates (subject to hydrolysis) is 1. The second-order valence-corrected chi connectivity index (χ2v) is 16.7. The van der Waals surface area contributed by atoms with E-state index in [2.05, 4.69) is 29.6 Å². The number of amides is 1.